The lowest BCUT2D eigenvalue weighted by atomic mass is 9.43. The van der Waals surface area contributed by atoms with Crippen LogP contribution in [0.4, 0.5) is 0 Å². The van der Waals surface area contributed by atoms with Crippen LogP contribution in [0.1, 0.15) is 72.3 Å². The maximum atomic E-state index is 13.0. The Morgan fingerprint density at radius 1 is 1.20 bits per heavy atom. The maximum Gasteiger partial charge on any atom is 0.481 e. The number of hydrogen-bond donors (Lipinski definition) is 2. The number of rotatable bonds is 10. The smallest absolute Gasteiger partial charge is 0.461 e. The summed E-state index contributed by atoms with van der Waals surface area (Å²) >= 11 is 0. The van der Waals surface area contributed by atoms with Crippen LogP contribution in [0.2, 0.25) is 0 Å². The van der Waals surface area contributed by atoms with E-state index in [1.54, 1.807) is 0 Å². The van der Waals surface area contributed by atoms with Crippen LogP contribution in [-0.4, -0.2) is 42.7 Å². The third kappa shape index (κ3) is 5.44. The van der Waals surface area contributed by atoms with E-state index in [1.807, 2.05) is 30.3 Å². The SMILES string of the molecule is CC(C)C[C@H](NC(=O)[C@@H](N)CCC(=O)OCc1ccccc1)B1O[C@@H]2C[C@@H]3C[C@@H](C3(C)C)[C@]2(C)O1. The first kappa shape index (κ1) is 26.2. The van der Waals surface area contributed by atoms with Crippen molar-refractivity contribution in [3.05, 3.63) is 35.9 Å². The molecule has 3 N–H and O–H groups in total. The van der Waals surface area contributed by atoms with E-state index in [0.717, 1.165) is 18.4 Å². The molecule has 1 aliphatic heterocycles. The normalized spacial score (nSPS) is 30.3. The van der Waals surface area contributed by atoms with Crippen LogP contribution in [0, 0.1) is 23.2 Å². The van der Waals surface area contributed by atoms with E-state index >= 15 is 0 Å². The number of carbonyl (C=O) groups is 2. The molecule has 35 heavy (non-hydrogen) atoms. The summed E-state index contributed by atoms with van der Waals surface area (Å²) in [6.45, 7) is 11.3. The first-order chi connectivity index (χ1) is 16.5. The highest BCUT2D eigenvalue weighted by molar-refractivity contribution is 6.47. The molecule has 1 heterocycles. The maximum absolute atomic E-state index is 13.0. The average molecular weight is 484 g/mol. The molecule has 3 aliphatic carbocycles. The van der Waals surface area contributed by atoms with Gasteiger partial charge in [0.05, 0.1) is 23.7 Å². The van der Waals surface area contributed by atoms with Gasteiger partial charge < -0.3 is 25.1 Å². The van der Waals surface area contributed by atoms with Gasteiger partial charge in [-0.2, -0.15) is 0 Å². The largest absolute Gasteiger partial charge is 0.481 e. The summed E-state index contributed by atoms with van der Waals surface area (Å²) in [6, 6.07) is 8.70. The number of benzene rings is 1. The fraction of sp³-hybridized carbons (Fsp3) is 0.704. The van der Waals surface area contributed by atoms with Crippen LogP contribution in [0.15, 0.2) is 30.3 Å². The standard InChI is InChI=1S/C27H41BN2O5/c1-17(2)13-23(28-34-22-15-19-14-21(26(19,3)4)27(22,5)35-28)30-25(32)20(29)11-12-24(31)33-16-18-9-7-6-8-10-18/h6-10,17,19-23H,11-16,29H2,1-5H3,(H,30,32)/t19-,20-,21-,22+,23-,27-/m0/s1. The molecule has 3 saturated carbocycles. The summed E-state index contributed by atoms with van der Waals surface area (Å²) in [4.78, 5) is 25.1. The summed E-state index contributed by atoms with van der Waals surface area (Å²) in [7, 11) is -0.491. The van der Waals surface area contributed by atoms with Gasteiger partial charge in [-0.05, 0) is 61.3 Å². The monoisotopic (exact) mass is 484 g/mol. The van der Waals surface area contributed by atoms with Gasteiger partial charge in [-0.3, -0.25) is 9.59 Å². The van der Waals surface area contributed by atoms with E-state index in [9.17, 15) is 9.59 Å². The second kappa shape index (κ2) is 10.2. The quantitative estimate of drug-likeness (QED) is 0.389. The van der Waals surface area contributed by atoms with E-state index in [-0.39, 0.29) is 54.4 Å². The molecule has 4 aliphatic rings. The molecule has 4 fully saturated rings. The Morgan fingerprint density at radius 3 is 2.57 bits per heavy atom. The fourth-order valence-corrected chi connectivity index (χ4v) is 6.32. The van der Waals surface area contributed by atoms with Gasteiger partial charge in [-0.1, -0.05) is 58.0 Å². The number of esters is 1. The molecule has 0 spiro atoms. The average Bonchev–Trinajstić information content (AvgIpc) is 3.18. The van der Waals surface area contributed by atoms with Crippen molar-refractivity contribution in [3.63, 3.8) is 0 Å². The van der Waals surface area contributed by atoms with E-state index < -0.39 is 13.2 Å². The topological polar surface area (TPSA) is 99.9 Å². The molecule has 1 aromatic rings. The third-order valence-corrected chi connectivity index (χ3v) is 8.59. The van der Waals surface area contributed by atoms with E-state index in [2.05, 4.69) is 39.9 Å². The van der Waals surface area contributed by atoms with Gasteiger partial charge in [0.25, 0.3) is 0 Å². The molecule has 1 aromatic carbocycles. The molecular formula is C27H41BN2O5. The molecule has 192 valence electrons. The zero-order valence-electron chi connectivity index (χ0n) is 21.8. The zero-order chi connectivity index (χ0) is 25.4. The van der Waals surface area contributed by atoms with Crippen molar-refractivity contribution in [1.82, 2.24) is 5.32 Å². The van der Waals surface area contributed by atoms with Crippen LogP contribution in [0.3, 0.4) is 0 Å². The molecule has 0 aromatic heterocycles. The van der Waals surface area contributed by atoms with Crippen LogP contribution in [0.25, 0.3) is 0 Å². The Labute approximate surface area is 210 Å². The first-order valence-electron chi connectivity index (χ1n) is 13.1. The Morgan fingerprint density at radius 2 is 1.91 bits per heavy atom. The highest BCUT2D eigenvalue weighted by Crippen LogP contribution is 2.65. The molecule has 6 atom stereocenters. The van der Waals surface area contributed by atoms with Crippen molar-refractivity contribution in [2.45, 2.75) is 97.0 Å². The van der Waals surface area contributed by atoms with Gasteiger partial charge in [0, 0.05) is 6.42 Å². The third-order valence-electron chi connectivity index (χ3n) is 8.59. The Balaban J connectivity index is 1.29. The summed E-state index contributed by atoms with van der Waals surface area (Å²) < 4.78 is 18.3. The highest BCUT2D eigenvalue weighted by Gasteiger charge is 2.68. The van der Waals surface area contributed by atoms with Crippen molar-refractivity contribution in [2.75, 3.05) is 0 Å². The van der Waals surface area contributed by atoms with Gasteiger partial charge in [0.2, 0.25) is 5.91 Å². The predicted octanol–water partition coefficient (Wildman–Crippen LogP) is 3.64. The number of hydrogen-bond acceptors (Lipinski definition) is 6. The lowest BCUT2D eigenvalue weighted by Gasteiger charge is -2.64. The first-order valence-corrected chi connectivity index (χ1v) is 13.1. The lowest BCUT2D eigenvalue weighted by molar-refractivity contribution is -0.199. The number of carbonyl (C=O) groups excluding carboxylic acids is 2. The number of ether oxygens (including phenoxy) is 1. The summed E-state index contributed by atoms with van der Waals surface area (Å²) in [6.07, 6.45) is 3.28. The van der Waals surface area contributed by atoms with Crippen LogP contribution in [0.5, 0.6) is 0 Å². The number of nitrogens with two attached hydrogens (primary N) is 1. The van der Waals surface area contributed by atoms with E-state index in [1.165, 1.54) is 6.42 Å². The van der Waals surface area contributed by atoms with Gasteiger partial charge >= 0.3 is 13.1 Å². The Hall–Kier alpha value is -1.90. The van der Waals surface area contributed by atoms with Crippen LogP contribution in [-0.2, 0) is 30.2 Å². The minimum Gasteiger partial charge on any atom is -0.461 e. The van der Waals surface area contributed by atoms with Gasteiger partial charge in [-0.15, -0.1) is 0 Å². The van der Waals surface area contributed by atoms with Gasteiger partial charge in [0.1, 0.15) is 6.61 Å². The molecule has 0 unspecified atom stereocenters. The number of nitrogens with one attached hydrogen (secondary N) is 1. The molecule has 1 saturated heterocycles. The predicted molar refractivity (Wildman–Crippen MR) is 135 cm³/mol. The van der Waals surface area contributed by atoms with Gasteiger partial charge in [-0.25, -0.2) is 0 Å². The van der Waals surface area contributed by atoms with Crippen LogP contribution < -0.4 is 11.1 Å². The molecule has 1 amide bonds. The molecule has 7 nitrogen and oxygen atoms in total. The second-order valence-corrected chi connectivity index (χ2v) is 11.9. The highest BCUT2D eigenvalue weighted by atomic mass is 16.7. The number of amides is 1. The Bertz CT molecular complexity index is 910. The van der Waals surface area contributed by atoms with E-state index in [4.69, 9.17) is 19.8 Å². The lowest BCUT2D eigenvalue weighted by Crippen LogP contribution is -2.65. The fourth-order valence-electron chi connectivity index (χ4n) is 6.32. The molecule has 2 bridgehead atoms. The minimum atomic E-state index is -0.806. The molecule has 5 rings (SSSR count). The summed E-state index contributed by atoms with van der Waals surface area (Å²) in [5.41, 5.74) is 7.01. The van der Waals surface area contributed by atoms with Crippen molar-refractivity contribution in [3.8, 4) is 0 Å². The van der Waals surface area contributed by atoms with Crippen LogP contribution >= 0.6 is 0 Å². The molecule has 0 radical (unpaired) electrons. The zero-order valence-corrected chi connectivity index (χ0v) is 21.8. The van der Waals surface area contributed by atoms with Crippen molar-refractivity contribution in [1.29, 1.82) is 0 Å². The van der Waals surface area contributed by atoms with E-state index in [0.29, 0.717) is 17.8 Å². The minimum absolute atomic E-state index is 0.0592. The molecular weight excluding hydrogens is 443 g/mol. The van der Waals surface area contributed by atoms with Crippen molar-refractivity contribution >= 4 is 19.0 Å². The summed E-state index contributed by atoms with van der Waals surface area (Å²) in [5.74, 6) is 0.531. The molecule has 8 heteroatoms. The summed E-state index contributed by atoms with van der Waals surface area (Å²) in [5, 5.41) is 3.08. The van der Waals surface area contributed by atoms with Crippen molar-refractivity contribution in [2.24, 2.45) is 28.9 Å². The second-order valence-electron chi connectivity index (χ2n) is 11.9. The van der Waals surface area contributed by atoms with Gasteiger partial charge in [0.15, 0.2) is 0 Å². The Kier molecular flexibility index (Phi) is 7.65. The van der Waals surface area contributed by atoms with Crippen molar-refractivity contribution < 1.29 is 23.6 Å².